The highest BCUT2D eigenvalue weighted by Gasteiger charge is 2.25. The van der Waals surface area contributed by atoms with Gasteiger partial charge in [0.2, 0.25) is 5.90 Å². The number of esters is 1. The van der Waals surface area contributed by atoms with Crippen LogP contribution in [0.5, 0.6) is 0 Å². The van der Waals surface area contributed by atoms with Crippen LogP contribution >= 0.6 is 0 Å². The molecule has 7 heteroatoms. The molecule has 0 saturated heterocycles. The second kappa shape index (κ2) is 6.25. The van der Waals surface area contributed by atoms with Crippen LogP contribution in [-0.4, -0.2) is 35.5 Å². The van der Waals surface area contributed by atoms with Crippen molar-refractivity contribution in [1.29, 1.82) is 0 Å². The summed E-state index contributed by atoms with van der Waals surface area (Å²) in [6, 6.07) is 3.27. The van der Waals surface area contributed by atoms with Crippen LogP contribution in [0.3, 0.4) is 0 Å². The summed E-state index contributed by atoms with van der Waals surface area (Å²) in [4.78, 5) is 26.2. The van der Waals surface area contributed by atoms with Crippen molar-refractivity contribution in [3.05, 3.63) is 29.1 Å². The second-order valence-electron chi connectivity index (χ2n) is 4.63. The van der Waals surface area contributed by atoms with Gasteiger partial charge in [-0.3, -0.25) is 4.79 Å². The molecule has 1 amide bonds. The Morgan fingerprint density at radius 3 is 2.86 bits per heavy atom. The lowest BCUT2D eigenvalue weighted by molar-refractivity contribution is -0.116. The molecule has 0 fully saturated rings. The van der Waals surface area contributed by atoms with Gasteiger partial charge in [0.25, 0.3) is 5.91 Å². The number of amides is 1. The first-order valence-electron chi connectivity index (χ1n) is 6.64. The zero-order valence-corrected chi connectivity index (χ0v) is 12.1. The van der Waals surface area contributed by atoms with Crippen molar-refractivity contribution in [2.45, 2.75) is 26.9 Å². The third-order valence-electron chi connectivity index (χ3n) is 2.59. The molecule has 2 N–H and O–H groups in total. The van der Waals surface area contributed by atoms with Crippen LogP contribution < -0.4 is 5.43 Å². The molecule has 0 radical (unpaired) electrons. The molecule has 1 aromatic rings. The van der Waals surface area contributed by atoms with Crippen molar-refractivity contribution in [3.63, 3.8) is 0 Å². The third-order valence-corrected chi connectivity index (χ3v) is 2.59. The molecule has 0 unspecified atom stereocenters. The van der Waals surface area contributed by atoms with Gasteiger partial charge in [-0.05, 0) is 39.0 Å². The van der Waals surface area contributed by atoms with Crippen molar-refractivity contribution >= 4 is 23.9 Å². The molecule has 1 aliphatic rings. The van der Waals surface area contributed by atoms with Gasteiger partial charge in [0.15, 0.2) is 0 Å². The van der Waals surface area contributed by atoms with Crippen molar-refractivity contribution < 1.29 is 19.1 Å². The Labute approximate surface area is 122 Å². The summed E-state index contributed by atoms with van der Waals surface area (Å²) in [6.45, 7) is 5.72. The van der Waals surface area contributed by atoms with Gasteiger partial charge in [0, 0.05) is 5.69 Å². The minimum atomic E-state index is -0.439. The second-order valence-corrected chi connectivity index (χ2v) is 4.63. The highest BCUT2D eigenvalue weighted by molar-refractivity contribution is 6.24. The van der Waals surface area contributed by atoms with E-state index in [0.29, 0.717) is 23.6 Å². The van der Waals surface area contributed by atoms with Gasteiger partial charge in [0.1, 0.15) is 11.3 Å². The van der Waals surface area contributed by atoms with Crippen molar-refractivity contribution in [1.82, 2.24) is 10.4 Å². The van der Waals surface area contributed by atoms with Gasteiger partial charge in [-0.25, -0.2) is 10.2 Å². The molecule has 1 aliphatic heterocycles. The van der Waals surface area contributed by atoms with E-state index in [1.807, 2.05) is 13.8 Å². The molecule has 112 valence electrons. The van der Waals surface area contributed by atoms with Crippen molar-refractivity contribution in [2.75, 3.05) is 6.61 Å². The maximum atomic E-state index is 11.7. The van der Waals surface area contributed by atoms with Crippen LogP contribution in [0.25, 0.3) is 6.08 Å². The predicted octanol–water partition coefficient (Wildman–Crippen LogP) is 1.44. The zero-order chi connectivity index (χ0) is 15.4. The van der Waals surface area contributed by atoms with Crippen molar-refractivity contribution in [3.8, 4) is 0 Å². The standard InChI is InChI=1S/C14H17N3O4/c1-4-20-14(19)11-6-5-9(15-11)7-10-12(18)16-17-13(10)21-8(2)3/h5-8,15H,4H2,1-3H3,(H,16,18). The Balaban J connectivity index is 2.20. The maximum absolute atomic E-state index is 11.7. The summed E-state index contributed by atoms with van der Waals surface area (Å²) in [7, 11) is 0. The van der Waals surface area contributed by atoms with Crippen LogP contribution in [0.15, 0.2) is 22.8 Å². The number of carbonyl (C=O) groups is 2. The molecule has 0 aromatic carbocycles. The van der Waals surface area contributed by atoms with E-state index in [9.17, 15) is 9.59 Å². The molecule has 7 nitrogen and oxygen atoms in total. The minimum absolute atomic E-state index is 0.0985. The number of ether oxygens (including phenoxy) is 2. The number of aromatic amines is 1. The molecular formula is C14H17N3O4. The molecule has 1 aromatic heterocycles. The summed E-state index contributed by atoms with van der Waals surface area (Å²) in [5, 5.41) is 3.83. The Morgan fingerprint density at radius 1 is 1.43 bits per heavy atom. The molecule has 2 rings (SSSR count). The normalized spacial score (nSPS) is 16.1. The average Bonchev–Trinajstić information content (AvgIpc) is 3.01. The number of carbonyl (C=O) groups excluding carboxylic acids is 2. The van der Waals surface area contributed by atoms with Crippen LogP contribution in [-0.2, 0) is 14.3 Å². The number of aromatic nitrogens is 1. The molecule has 0 aliphatic carbocycles. The fourth-order valence-electron chi connectivity index (χ4n) is 1.74. The summed E-state index contributed by atoms with van der Waals surface area (Å²) in [5.41, 5.74) is 3.56. The first-order valence-corrected chi connectivity index (χ1v) is 6.64. The zero-order valence-electron chi connectivity index (χ0n) is 12.1. The fourth-order valence-corrected chi connectivity index (χ4v) is 1.74. The molecule has 2 heterocycles. The lowest BCUT2D eigenvalue weighted by Gasteiger charge is -2.08. The van der Waals surface area contributed by atoms with E-state index in [-0.39, 0.29) is 17.9 Å². The largest absolute Gasteiger partial charge is 0.473 e. The lowest BCUT2D eigenvalue weighted by atomic mass is 10.2. The quantitative estimate of drug-likeness (QED) is 0.648. The molecule has 0 spiro atoms. The Morgan fingerprint density at radius 2 is 2.19 bits per heavy atom. The minimum Gasteiger partial charge on any atom is -0.473 e. The Bertz CT molecular complexity index is 613. The summed E-state index contributed by atoms with van der Waals surface area (Å²) < 4.78 is 10.3. The highest BCUT2D eigenvalue weighted by atomic mass is 16.5. The maximum Gasteiger partial charge on any atom is 0.354 e. The molecule has 0 bridgehead atoms. The summed E-state index contributed by atoms with van der Waals surface area (Å²) >= 11 is 0. The van der Waals surface area contributed by atoms with E-state index in [2.05, 4.69) is 15.5 Å². The highest BCUT2D eigenvalue weighted by Crippen LogP contribution is 2.14. The van der Waals surface area contributed by atoms with Gasteiger partial charge in [-0.1, -0.05) is 0 Å². The molecule has 0 atom stereocenters. The Kier molecular flexibility index (Phi) is 4.42. The third kappa shape index (κ3) is 3.50. The van der Waals surface area contributed by atoms with E-state index in [1.165, 1.54) is 0 Å². The first-order chi connectivity index (χ1) is 10.0. The SMILES string of the molecule is CCOC(=O)c1ccc(C=C2C(=O)NN=C2OC(C)C)[nH]1. The number of nitrogens with one attached hydrogen (secondary N) is 2. The number of nitrogens with zero attached hydrogens (tertiary/aromatic N) is 1. The van der Waals surface area contributed by atoms with E-state index in [0.717, 1.165) is 0 Å². The average molecular weight is 291 g/mol. The first kappa shape index (κ1) is 14.8. The van der Waals surface area contributed by atoms with Gasteiger partial charge >= 0.3 is 5.97 Å². The van der Waals surface area contributed by atoms with E-state index in [4.69, 9.17) is 9.47 Å². The van der Waals surface area contributed by atoms with E-state index < -0.39 is 5.97 Å². The molecule has 0 saturated carbocycles. The van der Waals surface area contributed by atoms with Crippen LogP contribution in [0.4, 0.5) is 0 Å². The smallest absolute Gasteiger partial charge is 0.354 e. The van der Waals surface area contributed by atoms with Crippen LogP contribution in [0.1, 0.15) is 37.0 Å². The van der Waals surface area contributed by atoms with E-state index in [1.54, 1.807) is 25.1 Å². The van der Waals surface area contributed by atoms with Crippen molar-refractivity contribution in [2.24, 2.45) is 5.10 Å². The number of hydrazone groups is 1. The van der Waals surface area contributed by atoms with Gasteiger partial charge in [-0.2, -0.15) is 0 Å². The fraction of sp³-hybridized carbons (Fsp3) is 0.357. The number of hydrogen-bond acceptors (Lipinski definition) is 5. The lowest BCUT2D eigenvalue weighted by Crippen LogP contribution is -2.16. The van der Waals surface area contributed by atoms with E-state index >= 15 is 0 Å². The van der Waals surface area contributed by atoms with Gasteiger partial charge < -0.3 is 14.5 Å². The topological polar surface area (TPSA) is 92.8 Å². The van der Waals surface area contributed by atoms with Crippen LogP contribution in [0.2, 0.25) is 0 Å². The number of rotatable bonds is 4. The van der Waals surface area contributed by atoms with Crippen LogP contribution in [0, 0.1) is 0 Å². The monoisotopic (exact) mass is 291 g/mol. The molecular weight excluding hydrogens is 274 g/mol. The Hall–Kier alpha value is -2.57. The number of hydrogen-bond donors (Lipinski definition) is 2. The number of H-pyrrole nitrogens is 1. The summed E-state index contributed by atoms with van der Waals surface area (Å²) in [6.07, 6.45) is 1.48. The van der Waals surface area contributed by atoms with Gasteiger partial charge in [-0.15, -0.1) is 5.10 Å². The predicted molar refractivity (Wildman–Crippen MR) is 76.5 cm³/mol. The van der Waals surface area contributed by atoms with Gasteiger partial charge in [0.05, 0.1) is 12.7 Å². The molecule has 21 heavy (non-hydrogen) atoms. The summed E-state index contributed by atoms with van der Waals surface area (Å²) in [5.74, 6) is -0.550.